The van der Waals surface area contributed by atoms with E-state index in [0.29, 0.717) is 12.5 Å². The lowest BCUT2D eigenvalue weighted by Crippen LogP contribution is -2.52. The normalized spacial score (nSPS) is 21.4. The molecule has 110 valence electrons. The molecule has 1 fully saturated rings. The lowest BCUT2D eigenvalue weighted by molar-refractivity contribution is -0.134. The molecule has 0 aromatic heterocycles. The zero-order valence-corrected chi connectivity index (χ0v) is 12.5. The SMILES string of the molecule is CN1CCCC(N(C)C(=O)[C@@H](N)Cc2ccccc2)C1. The van der Waals surface area contributed by atoms with Gasteiger partial charge in [0.2, 0.25) is 5.91 Å². The Morgan fingerprint density at radius 2 is 2.15 bits per heavy atom. The molecule has 4 nitrogen and oxygen atoms in total. The Labute approximate surface area is 121 Å². The van der Waals surface area contributed by atoms with Gasteiger partial charge in [0.1, 0.15) is 0 Å². The van der Waals surface area contributed by atoms with Crippen molar-refractivity contribution < 1.29 is 4.79 Å². The fourth-order valence-electron chi connectivity index (χ4n) is 2.85. The molecule has 1 aliphatic heterocycles. The molecule has 2 N–H and O–H groups in total. The van der Waals surface area contributed by atoms with E-state index in [-0.39, 0.29) is 5.91 Å². The summed E-state index contributed by atoms with van der Waals surface area (Å²) in [7, 11) is 3.99. The van der Waals surface area contributed by atoms with Crippen LogP contribution in [0.1, 0.15) is 18.4 Å². The highest BCUT2D eigenvalue weighted by Gasteiger charge is 2.27. The summed E-state index contributed by atoms with van der Waals surface area (Å²) in [5, 5.41) is 0. The molecule has 0 bridgehead atoms. The summed E-state index contributed by atoms with van der Waals surface area (Å²) in [5.41, 5.74) is 7.20. The van der Waals surface area contributed by atoms with E-state index in [4.69, 9.17) is 5.73 Å². The average molecular weight is 275 g/mol. The third-order valence-corrected chi connectivity index (χ3v) is 4.11. The fraction of sp³-hybridized carbons (Fsp3) is 0.562. The fourth-order valence-corrected chi connectivity index (χ4v) is 2.85. The quantitative estimate of drug-likeness (QED) is 0.895. The first-order valence-electron chi connectivity index (χ1n) is 7.32. The first-order chi connectivity index (χ1) is 9.58. The van der Waals surface area contributed by atoms with Crippen molar-refractivity contribution in [3.63, 3.8) is 0 Å². The van der Waals surface area contributed by atoms with Crippen molar-refractivity contribution in [1.82, 2.24) is 9.80 Å². The number of carbonyl (C=O) groups excluding carboxylic acids is 1. The van der Waals surface area contributed by atoms with Crippen molar-refractivity contribution in [2.45, 2.75) is 31.3 Å². The van der Waals surface area contributed by atoms with Gasteiger partial charge in [0, 0.05) is 19.6 Å². The molecule has 1 amide bonds. The van der Waals surface area contributed by atoms with Gasteiger partial charge in [-0.15, -0.1) is 0 Å². The second-order valence-electron chi connectivity index (χ2n) is 5.80. The van der Waals surface area contributed by atoms with Gasteiger partial charge in [0.15, 0.2) is 0 Å². The van der Waals surface area contributed by atoms with Crippen molar-refractivity contribution in [2.75, 3.05) is 27.2 Å². The van der Waals surface area contributed by atoms with Gasteiger partial charge in [0.05, 0.1) is 6.04 Å². The minimum Gasteiger partial charge on any atom is -0.340 e. The summed E-state index contributed by atoms with van der Waals surface area (Å²) in [4.78, 5) is 16.6. The lowest BCUT2D eigenvalue weighted by atomic mass is 10.0. The van der Waals surface area contributed by atoms with Gasteiger partial charge < -0.3 is 15.5 Å². The predicted molar refractivity (Wildman–Crippen MR) is 81.4 cm³/mol. The first-order valence-corrected chi connectivity index (χ1v) is 7.32. The maximum Gasteiger partial charge on any atom is 0.239 e. The van der Waals surface area contributed by atoms with Crippen LogP contribution in [0.4, 0.5) is 0 Å². The summed E-state index contributed by atoms with van der Waals surface area (Å²) < 4.78 is 0. The molecule has 0 radical (unpaired) electrons. The topological polar surface area (TPSA) is 49.6 Å². The molecule has 2 atom stereocenters. The van der Waals surface area contributed by atoms with E-state index in [9.17, 15) is 4.79 Å². The largest absolute Gasteiger partial charge is 0.340 e. The van der Waals surface area contributed by atoms with Crippen LogP contribution in [0.25, 0.3) is 0 Å². The van der Waals surface area contributed by atoms with Crippen molar-refractivity contribution >= 4 is 5.91 Å². The number of benzene rings is 1. The molecule has 1 aromatic carbocycles. The molecular formula is C16H25N3O. The average Bonchev–Trinajstić information content (AvgIpc) is 2.46. The third-order valence-electron chi connectivity index (χ3n) is 4.11. The maximum atomic E-state index is 12.4. The Hall–Kier alpha value is -1.39. The number of carbonyl (C=O) groups is 1. The van der Waals surface area contributed by atoms with Crippen LogP contribution in [0.2, 0.25) is 0 Å². The first kappa shape index (κ1) is 15.0. The van der Waals surface area contributed by atoms with Gasteiger partial charge in [-0.2, -0.15) is 0 Å². The smallest absolute Gasteiger partial charge is 0.239 e. The third kappa shape index (κ3) is 3.81. The molecule has 0 saturated carbocycles. The van der Waals surface area contributed by atoms with Crippen molar-refractivity contribution in [2.24, 2.45) is 5.73 Å². The number of nitrogens with zero attached hydrogens (tertiary/aromatic N) is 2. The highest BCUT2D eigenvalue weighted by atomic mass is 16.2. The molecule has 0 aliphatic carbocycles. The molecule has 1 aliphatic rings. The Morgan fingerprint density at radius 1 is 1.45 bits per heavy atom. The van der Waals surface area contributed by atoms with Crippen LogP contribution in [0.15, 0.2) is 30.3 Å². The number of hydrogen-bond acceptors (Lipinski definition) is 3. The van der Waals surface area contributed by atoms with Gasteiger partial charge in [-0.05, 0) is 38.4 Å². The second-order valence-corrected chi connectivity index (χ2v) is 5.80. The zero-order chi connectivity index (χ0) is 14.5. The number of piperidine rings is 1. The van der Waals surface area contributed by atoms with Crippen molar-refractivity contribution in [1.29, 1.82) is 0 Å². The number of amides is 1. The van der Waals surface area contributed by atoms with Gasteiger partial charge in [-0.25, -0.2) is 0 Å². The zero-order valence-electron chi connectivity index (χ0n) is 12.5. The van der Waals surface area contributed by atoms with Crippen LogP contribution in [0.5, 0.6) is 0 Å². The van der Waals surface area contributed by atoms with Crippen LogP contribution in [-0.4, -0.2) is 55.0 Å². The number of likely N-dealkylation sites (N-methyl/N-ethyl adjacent to an activating group) is 2. The van der Waals surface area contributed by atoms with Crippen LogP contribution in [-0.2, 0) is 11.2 Å². The summed E-state index contributed by atoms with van der Waals surface area (Å²) in [6.45, 7) is 2.06. The van der Waals surface area contributed by atoms with Crippen LogP contribution in [0.3, 0.4) is 0 Å². The van der Waals surface area contributed by atoms with Gasteiger partial charge in [-0.3, -0.25) is 4.79 Å². The van der Waals surface area contributed by atoms with Gasteiger partial charge in [0.25, 0.3) is 0 Å². The Balaban J connectivity index is 1.92. The minimum atomic E-state index is -0.449. The van der Waals surface area contributed by atoms with Crippen LogP contribution < -0.4 is 5.73 Å². The number of likely N-dealkylation sites (tertiary alicyclic amines) is 1. The highest BCUT2D eigenvalue weighted by Crippen LogP contribution is 2.14. The standard InChI is InChI=1S/C16H25N3O/c1-18-10-6-9-14(12-18)19(2)16(20)15(17)11-13-7-4-3-5-8-13/h3-5,7-8,14-15H,6,9-12,17H2,1-2H3/t14?,15-/m0/s1. The van der Waals surface area contributed by atoms with Crippen molar-refractivity contribution in [3.05, 3.63) is 35.9 Å². The number of hydrogen-bond donors (Lipinski definition) is 1. The van der Waals surface area contributed by atoms with E-state index in [1.807, 2.05) is 42.3 Å². The van der Waals surface area contributed by atoms with Gasteiger partial charge in [-0.1, -0.05) is 30.3 Å². The Kier molecular flexibility index (Phi) is 5.15. The van der Waals surface area contributed by atoms with E-state index in [1.165, 1.54) is 0 Å². The van der Waals surface area contributed by atoms with Crippen LogP contribution >= 0.6 is 0 Å². The molecule has 1 saturated heterocycles. The van der Waals surface area contributed by atoms with E-state index >= 15 is 0 Å². The molecule has 1 heterocycles. The Bertz CT molecular complexity index is 435. The number of nitrogens with two attached hydrogens (primary N) is 1. The molecule has 2 rings (SSSR count). The lowest BCUT2D eigenvalue weighted by Gasteiger charge is -2.36. The summed E-state index contributed by atoms with van der Waals surface area (Å²) in [6.07, 6.45) is 2.82. The van der Waals surface area contributed by atoms with E-state index < -0.39 is 6.04 Å². The monoisotopic (exact) mass is 275 g/mol. The Morgan fingerprint density at radius 3 is 2.80 bits per heavy atom. The molecule has 0 spiro atoms. The number of rotatable bonds is 4. The molecule has 1 unspecified atom stereocenters. The van der Waals surface area contributed by atoms with Crippen molar-refractivity contribution in [3.8, 4) is 0 Å². The molecular weight excluding hydrogens is 250 g/mol. The van der Waals surface area contributed by atoms with Gasteiger partial charge >= 0.3 is 0 Å². The summed E-state index contributed by atoms with van der Waals surface area (Å²) in [5.74, 6) is 0.0501. The second kappa shape index (κ2) is 6.86. The van der Waals surface area contributed by atoms with E-state index in [0.717, 1.165) is 31.5 Å². The van der Waals surface area contributed by atoms with E-state index in [1.54, 1.807) is 0 Å². The molecule has 4 heteroatoms. The van der Waals surface area contributed by atoms with Crippen LogP contribution in [0, 0.1) is 0 Å². The molecule has 20 heavy (non-hydrogen) atoms. The van der Waals surface area contributed by atoms with E-state index in [2.05, 4.69) is 11.9 Å². The maximum absolute atomic E-state index is 12.4. The minimum absolute atomic E-state index is 0.0501. The molecule has 1 aromatic rings. The summed E-state index contributed by atoms with van der Waals surface area (Å²) >= 11 is 0. The summed E-state index contributed by atoms with van der Waals surface area (Å²) in [6, 6.07) is 9.81. The highest BCUT2D eigenvalue weighted by molar-refractivity contribution is 5.82. The predicted octanol–water partition coefficient (Wildman–Crippen LogP) is 1.11.